The van der Waals surface area contributed by atoms with Gasteiger partial charge in [0.05, 0.1) is 5.69 Å². The second-order valence-electron chi connectivity index (χ2n) is 4.56. The van der Waals surface area contributed by atoms with Crippen molar-refractivity contribution in [2.75, 3.05) is 0 Å². The highest BCUT2D eigenvalue weighted by Gasteiger charge is 2.10. The molecule has 2 heterocycles. The lowest BCUT2D eigenvalue weighted by Crippen LogP contribution is -2.04. The zero-order valence-corrected chi connectivity index (χ0v) is 10.3. The van der Waals surface area contributed by atoms with Crippen molar-refractivity contribution in [3.8, 4) is 11.3 Å². The monoisotopic (exact) mass is 230 g/mol. The summed E-state index contributed by atoms with van der Waals surface area (Å²) in [6, 6.07) is 3.92. The van der Waals surface area contributed by atoms with Gasteiger partial charge in [0, 0.05) is 42.8 Å². The third-order valence-corrected chi connectivity index (χ3v) is 2.56. The Morgan fingerprint density at radius 2 is 2.00 bits per heavy atom. The fraction of sp³-hybridized carbons (Fsp3) is 0.385. The molecule has 0 fully saturated rings. The van der Waals surface area contributed by atoms with Gasteiger partial charge in [-0.05, 0) is 18.1 Å². The van der Waals surface area contributed by atoms with E-state index in [0.29, 0.717) is 12.5 Å². The molecule has 0 radical (unpaired) electrons. The van der Waals surface area contributed by atoms with Gasteiger partial charge in [0.25, 0.3) is 0 Å². The molecule has 0 aromatic carbocycles. The van der Waals surface area contributed by atoms with E-state index in [1.807, 2.05) is 23.0 Å². The average molecular weight is 230 g/mol. The number of pyridine rings is 1. The molecule has 17 heavy (non-hydrogen) atoms. The van der Waals surface area contributed by atoms with E-state index in [2.05, 4.69) is 23.9 Å². The van der Waals surface area contributed by atoms with E-state index in [1.165, 1.54) is 0 Å². The van der Waals surface area contributed by atoms with Gasteiger partial charge in [-0.3, -0.25) is 9.67 Å². The maximum absolute atomic E-state index is 5.76. The fourth-order valence-electron chi connectivity index (χ4n) is 1.83. The summed E-state index contributed by atoms with van der Waals surface area (Å²) in [4.78, 5) is 4.02. The van der Waals surface area contributed by atoms with Crippen LogP contribution in [0.1, 0.15) is 19.4 Å². The molecule has 0 aliphatic carbocycles. The van der Waals surface area contributed by atoms with Crippen LogP contribution in [0, 0.1) is 5.92 Å². The number of aromatic nitrogens is 3. The second kappa shape index (κ2) is 5.10. The molecule has 2 N–H and O–H groups in total. The van der Waals surface area contributed by atoms with Crippen LogP contribution >= 0.6 is 0 Å². The van der Waals surface area contributed by atoms with Gasteiger partial charge in [0.2, 0.25) is 0 Å². The molecule has 0 spiro atoms. The Bertz CT molecular complexity index is 473. The van der Waals surface area contributed by atoms with Crippen molar-refractivity contribution in [2.24, 2.45) is 11.7 Å². The molecule has 90 valence electrons. The minimum atomic E-state index is 0.510. The van der Waals surface area contributed by atoms with Gasteiger partial charge in [0.1, 0.15) is 0 Å². The van der Waals surface area contributed by atoms with Gasteiger partial charge in [-0.25, -0.2) is 0 Å². The van der Waals surface area contributed by atoms with E-state index in [0.717, 1.165) is 23.4 Å². The predicted octanol–water partition coefficient (Wildman–Crippen LogP) is 2.06. The normalized spacial score (nSPS) is 11.1. The SMILES string of the molecule is CC(C)Cn1cc(CN)c(-c2ccncc2)n1. The molecule has 0 atom stereocenters. The summed E-state index contributed by atoms with van der Waals surface area (Å²) in [5.74, 6) is 0.575. The molecule has 0 amide bonds. The molecule has 0 saturated heterocycles. The van der Waals surface area contributed by atoms with Crippen LogP contribution in [0.2, 0.25) is 0 Å². The van der Waals surface area contributed by atoms with Crippen LogP contribution in [0.4, 0.5) is 0 Å². The first-order valence-electron chi connectivity index (χ1n) is 5.87. The molecule has 0 unspecified atom stereocenters. The van der Waals surface area contributed by atoms with E-state index >= 15 is 0 Å². The largest absolute Gasteiger partial charge is 0.326 e. The summed E-state index contributed by atoms with van der Waals surface area (Å²) in [6.07, 6.45) is 5.59. The van der Waals surface area contributed by atoms with Crippen molar-refractivity contribution in [1.82, 2.24) is 14.8 Å². The number of nitrogens with zero attached hydrogens (tertiary/aromatic N) is 3. The highest BCUT2D eigenvalue weighted by Crippen LogP contribution is 2.21. The second-order valence-corrected chi connectivity index (χ2v) is 4.56. The average Bonchev–Trinajstić information content (AvgIpc) is 2.72. The summed E-state index contributed by atoms with van der Waals surface area (Å²) in [5.41, 5.74) is 8.88. The van der Waals surface area contributed by atoms with Crippen LogP contribution in [-0.2, 0) is 13.1 Å². The standard InChI is InChI=1S/C13H18N4/c1-10(2)8-17-9-12(7-14)13(16-17)11-3-5-15-6-4-11/h3-6,9-10H,7-8,14H2,1-2H3. The number of hydrogen-bond donors (Lipinski definition) is 1. The molecular weight excluding hydrogens is 212 g/mol. The molecular formula is C13H18N4. The Hall–Kier alpha value is -1.68. The molecule has 4 nitrogen and oxygen atoms in total. The van der Waals surface area contributed by atoms with E-state index in [1.54, 1.807) is 12.4 Å². The lowest BCUT2D eigenvalue weighted by molar-refractivity contribution is 0.484. The van der Waals surface area contributed by atoms with Crippen LogP contribution < -0.4 is 5.73 Å². The van der Waals surface area contributed by atoms with Gasteiger partial charge in [-0.1, -0.05) is 13.8 Å². The quantitative estimate of drug-likeness (QED) is 0.874. The number of hydrogen-bond acceptors (Lipinski definition) is 3. The molecule has 0 bridgehead atoms. The Labute approximate surface area is 101 Å². The van der Waals surface area contributed by atoms with Crippen molar-refractivity contribution in [3.05, 3.63) is 36.3 Å². The van der Waals surface area contributed by atoms with Crippen molar-refractivity contribution in [3.63, 3.8) is 0 Å². The van der Waals surface area contributed by atoms with Crippen LogP contribution in [0.5, 0.6) is 0 Å². The first kappa shape index (κ1) is 11.8. The van der Waals surface area contributed by atoms with Gasteiger partial charge in [-0.15, -0.1) is 0 Å². The topological polar surface area (TPSA) is 56.7 Å². The molecule has 2 aromatic heterocycles. The summed E-state index contributed by atoms with van der Waals surface area (Å²) >= 11 is 0. The zero-order valence-electron chi connectivity index (χ0n) is 10.3. The molecule has 0 aliphatic rings. The molecule has 0 saturated carbocycles. The first-order valence-corrected chi connectivity index (χ1v) is 5.87. The summed E-state index contributed by atoms with van der Waals surface area (Å²) in [5, 5.41) is 4.60. The molecule has 2 aromatic rings. The number of nitrogens with two attached hydrogens (primary N) is 1. The third-order valence-electron chi connectivity index (χ3n) is 2.56. The van der Waals surface area contributed by atoms with E-state index < -0.39 is 0 Å². The Balaban J connectivity index is 2.36. The van der Waals surface area contributed by atoms with Crippen LogP contribution in [0.15, 0.2) is 30.7 Å². The van der Waals surface area contributed by atoms with Gasteiger partial charge in [-0.2, -0.15) is 5.10 Å². The van der Waals surface area contributed by atoms with Crippen molar-refractivity contribution < 1.29 is 0 Å². The van der Waals surface area contributed by atoms with E-state index in [9.17, 15) is 0 Å². The molecule has 4 heteroatoms. The predicted molar refractivity (Wildman–Crippen MR) is 68.2 cm³/mol. The lowest BCUT2D eigenvalue weighted by Gasteiger charge is -2.03. The molecule has 0 aliphatic heterocycles. The fourth-order valence-corrected chi connectivity index (χ4v) is 1.83. The van der Waals surface area contributed by atoms with E-state index in [4.69, 9.17) is 5.73 Å². The van der Waals surface area contributed by atoms with Gasteiger partial charge < -0.3 is 5.73 Å². The van der Waals surface area contributed by atoms with E-state index in [-0.39, 0.29) is 0 Å². The van der Waals surface area contributed by atoms with Gasteiger partial charge >= 0.3 is 0 Å². The zero-order chi connectivity index (χ0) is 12.3. The maximum Gasteiger partial charge on any atom is 0.0969 e. The highest BCUT2D eigenvalue weighted by atomic mass is 15.3. The Morgan fingerprint density at radius 1 is 1.29 bits per heavy atom. The minimum absolute atomic E-state index is 0.510. The van der Waals surface area contributed by atoms with Gasteiger partial charge in [0.15, 0.2) is 0 Å². The van der Waals surface area contributed by atoms with Crippen molar-refractivity contribution >= 4 is 0 Å². The summed E-state index contributed by atoms with van der Waals surface area (Å²) < 4.78 is 1.97. The van der Waals surface area contributed by atoms with Crippen molar-refractivity contribution in [1.29, 1.82) is 0 Å². The summed E-state index contributed by atoms with van der Waals surface area (Å²) in [6.45, 7) is 5.78. The third kappa shape index (κ3) is 2.71. The molecule has 2 rings (SSSR count). The summed E-state index contributed by atoms with van der Waals surface area (Å²) in [7, 11) is 0. The minimum Gasteiger partial charge on any atom is -0.326 e. The Morgan fingerprint density at radius 3 is 2.59 bits per heavy atom. The Kier molecular flexibility index (Phi) is 3.54. The maximum atomic E-state index is 5.76. The lowest BCUT2D eigenvalue weighted by atomic mass is 10.1. The smallest absolute Gasteiger partial charge is 0.0969 e. The number of rotatable bonds is 4. The van der Waals surface area contributed by atoms with Crippen LogP contribution in [0.25, 0.3) is 11.3 Å². The van der Waals surface area contributed by atoms with Crippen LogP contribution in [-0.4, -0.2) is 14.8 Å². The van der Waals surface area contributed by atoms with Crippen molar-refractivity contribution in [2.45, 2.75) is 26.9 Å². The highest BCUT2D eigenvalue weighted by molar-refractivity contribution is 5.61. The first-order chi connectivity index (χ1) is 8.20. The van der Waals surface area contributed by atoms with Crippen LogP contribution in [0.3, 0.4) is 0 Å².